The zero-order valence-corrected chi connectivity index (χ0v) is 19.2. The van der Waals surface area contributed by atoms with Gasteiger partial charge in [-0.3, -0.25) is 4.79 Å². The lowest BCUT2D eigenvalue weighted by Gasteiger charge is -2.30. The summed E-state index contributed by atoms with van der Waals surface area (Å²) in [6, 6.07) is 7.26. The number of sulfonamides is 1. The second-order valence-electron chi connectivity index (χ2n) is 7.20. The highest BCUT2D eigenvalue weighted by Gasteiger charge is 2.29. The second-order valence-corrected chi connectivity index (χ2v) is 11.6. The number of carbonyl (C=O) groups is 1. The lowest BCUT2D eigenvalue weighted by molar-refractivity contribution is -0.120. The first-order valence-corrected chi connectivity index (χ1v) is 13.0. The number of carbonyl (C=O) groups excluding carboxylic acids is 1. The van der Waals surface area contributed by atoms with E-state index >= 15 is 0 Å². The molecule has 29 heavy (non-hydrogen) atoms. The van der Waals surface area contributed by atoms with Crippen molar-refractivity contribution in [2.45, 2.75) is 66.8 Å². The summed E-state index contributed by atoms with van der Waals surface area (Å²) in [5.41, 5.74) is 0. The predicted molar refractivity (Wildman–Crippen MR) is 118 cm³/mol. The Balaban J connectivity index is 1.58. The van der Waals surface area contributed by atoms with E-state index in [0.29, 0.717) is 11.6 Å². The lowest BCUT2D eigenvalue weighted by atomic mass is 9.96. The molecule has 1 N–H and O–H groups in total. The Hall–Kier alpha value is -1.42. The van der Waals surface area contributed by atoms with Crippen LogP contribution in [-0.4, -0.2) is 42.0 Å². The van der Waals surface area contributed by atoms with Crippen LogP contribution in [0.4, 0.5) is 0 Å². The highest BCUT2D eigenvalue weighted by molar-refractivity contribution is 8.00. The van der Waals surface area contributed by atoms with Crippen LogP contribution in [0, 0.1) is 0 Å². The predicted octanol–water partition coefficient (Wildman–Crippen LogP) is 3.89. The zero-order chi connectivity index (χ0) is 20.9. The normalized spacial score (nSPS) is 16.7. The van der Waals surface area contributed by atoms with E-state index in [0.717, 1.165) is 30.6 Å². The van der Waals surface area contributed by atoms with Crippen LogP contribution in [0.15, 0.2) is 45.8 Å². The first-order chi connectivity index (χ1) is 13.9. The maximum Gasteiger partial charge on any atom is 0.244 e. The van der Waals surface area contributed by atoms with E-state index in [4.69, 9.17) is 0 Å². The summed E-state index contributed by atoms with van der Waals surface area (Å²) in [6.45, 7) is 2.33. The molecule has 2 heterocycles. The third-order valence-corrected chi connectivity index (χ3v) is 8.98. The number of thioether (sulfide) groups is 1. The number of rotatable bonds is 8. The molecule has 3 rings (SSSR count). The maximum absolute atomic E-state index is 12.9. The molecule has 0 saturated heterocycles. The average molecular weight is 454 g/mol. The van der Waals surface area contributed by atoms with Crippen molar-refractivity contribution in [3.63, 3.8) is 0 Å². The molecule has 1 atom stereocenters. The Morgan fingerprint density at radius 2 is 2.07 bits per heavy atom. The van der Waals surface area contributed by atoms with Crippen molar-refractivity contribution in [1.82, 2.24) is 14.6 Å². The van der Waals surface area contributed by atoms with E-state index < -0.39 is 10.0 Å². The molecule has 9 heteroatoms. The van der Waals surface area contributed by atoms with Crippen LogP contribution in [0.5, 0.6) is 0 Å². The number of pyridine rings is 1. The fraction of sp³-hybridized carbons (Fsp3) is 0.500. The van der Waals surface area contributed by atoms with Crippen LogP contribution in [0.25, 0.3) is 0 Å². The fourth-order valence-corrected chi connectivity index (χ4v) is 6.18. The summed E-state index contributed by atoms with van der Waals surface area (Å²) in [7, 11) is -1.89. The smallest absolute Gasteiger partial charge is 0.244 e. The minimum absolute atomic E-state index is 0.0647. The minimum Gasteiger partial charge on any atom is -0.350 e. The number of thiophene rings is 1. The van der Waals surface area contributed by atoms with Crippen molar-refractivity contribution in [2.24, 2.45) is 0 Å². The molecule has 1 unspecified atom stereocenters. The number of aromatic nitrogens is 1. The van der Waals surface area contributed by atoms with Gasteiger partial charge in [-0.1, -0.05) is 37.1 Å². The zero-order valence-electron chi connectivity index (χ0n) is 16.7. The van der Waals surface area contributed by atoms with E-state index in [1.54, 1.807) is 30.5 Å². The Morgan fingerprint density at radius 3 is 2.69 bits per heavy atom. The van der Waals surface area contributed by atoms with Crippen molar-refractivity contribution in [1.29, 1.82) is 0 Å². The van der Waals surface area contributed by atoms with Crippen LogP contribution < -0.4 is 5.32 Å². The summed E-state index contributed by atoms with van der Waals surface area (Å²) in [5.74, 6) is -0.0704. The summed E-state index contributed by atoms with van der Waals surface area (Å²) in [4.78, 5) is 17.9. The number of hydrogen-bond acceptors (Lipinski definition) is 6. The fourth-order valence-electron chi connectivity index (χ4n) is 3.36. The molecule has 158 valence electrons. The molecule has 0 aromatic carbocycles. The van der Waals surface area contributed by atoms with Crippen molar-refractivity contribution < 1.29 is 13.2 Å². The minimum atomic E-state index is -3.55. The van der Waals surface area contributed by atoms with E-state index in [9.17, 15) is 13.2 Å². The Bertz CT molecular complexity index is 893. The molecule has 0 aliphatic heterocycles. The average Bonchev–Trinajstić information content (AvgIpc) is 3.26. The van der Waals surface area contributed by atoms with E-state index in [2.05, 4.69) is 10.3 Å². The molecule has 0 bridgehead atoms. The molecule has 2 aromatic heterocycles. The van der Waals surface area contributed by atoms with E-state index in [1.165, 1.54) is 28.7 Å². The summed E-state index contributed by atoms with van der Waals surface area (Å²) in [6.07, 6.45) is 6.55. The van der Waals surface area contributed by atoms with Gasteiger partial charge in [0.25, 0.3) is 0 Å². The van der Waals surface area contributed by atoms with E-state index in [1.807, 2.05) is 24.4 Å². The van der Waals surface area contributed by atoms with Gasteiger partial charge >= 0.3 is 0 Å². The molecule has 1 fully saturated rings. The molecule has 6 nitrogen and oxygen atoms in total. The van der Waals surface area contributed by atoms with Gasteiger partial charge in [0.15, 0.2) is 0 Å². The van der Waals surface area contributed by atoms with Crippen molar-refractivity contribution in [3.8, 4) is 0 Å². The molecule has 2 aromatic rings. The standard InChI is InChI=1S/C20H27N3O3S3/c1-15(20(24)22-13-17-9-6-12-27-17)28-19-11-10-18(14-21-19)29(25,26)23(2)16-7-4-3-5-8-16/h6,9-12,14-16H,3-5,7-8,13H2,1-2H3,(H,22,24). The topological polar surface area (TPSA) is 79.4 Å². The van der Waals surface area contributed by atoms with Crippen LogP contribution in [-0.2, 0) is 21.4 Å². The van der Waals surface area contributed by atoms with Crippen molar-refractivity contribution in [2.75, 3.05) is 7.05 Å². The molecule has 1 amide bonds. The van der Waals surface area contributed by atoms with Gasteiger partial charge in [0.1, 0.15) is 4.90 Å². The van der Waals surface area contributed by atoms with Crippen molar-refractivity contribution >= 4 is 39.0 Å². The van der Waals surface area contributed by atoms with Gasteiger partial charge in [-0.25, -0.2) is 13.4 Å². The van der Waals surface area contributed by atoms with Gasteiger partial charge < -0.3 is 5.32 Å². The van der Waals surface area contributed by atoms with Crippen LogP contribution in [0.2, 0.25) is 0 Å². The Labute approximate surface area is 181 Å². The molecule has 0 radical (unpaired) electrons. The number of hydrogen-bond donors (Lipinski definition) is 1. The molecule has 1 saturated carbocycles. The lowest BCUT2D eigenvalue weighted by Crippen LogP contribution is -2.38. The molecule has 0 spiro atoms. The largest absolute Gasteiger partial charge is 0.350 e. The van der Waals surface area contributed by atoms with Gasteiger partial charge in [-0.05, 0) is 43.3 Å². The maximum atomic E-state index is 12.9. The SMILES string of the molecule is CC(Sc1ccc(S(=O)(=O)N(C)C2CCCCC2)cn1)C(=O)NCc1cccs1. The van der Waals surface area contributed by atoms with Gasteiger partial charge in [-0.2, -0.15) is 4.31 Å². The van der Waals surface area contributed by atoms with E-state index in [-0.39, 0.29) is 22.1 Å². The van der Waals surface area contributed by atoms with Crippen LogP contribution in [0.3, 0.4) is 0 Å². The van der Waals surface area contributed by atoms with Crippen molar-refractivity contribution in [3.05, 3.63) is 40.7 Å². The quantitative estimate of drug-likeness (QED) is 0.614. The molecule has 1 aliphatic carbocycles. The number of amides is 1. The Kier molecular flexibility index (Phi) is 7.72. The van der Waals surface area contributed by atoms with Crippen LogP contribution >= 0.6 is 23.1 Å². The summed E-state index contributed by atoms with van der Waals surface area (Å²) < 4.78 is 27.3. The van der Waals surface area contributed by atoms with Gasteiger partial charge in [0, 0.05) is 24.2 Å². The highest BCUT2D eigenvalue weighted by atomic mass is 32.2. The number of nitrogens with one attached hydrogen (secondary N) is 1. The third kappa shape index (κ3) is 5.81. The first kappa shape index (κ1) is 22.3. The van der Waals surface area contributed by atoms with Crippen LogP contribution in [0.1, 0.15) is 43.9 Å². The molecule has 1 aliphatic rings. The van der Waals surface area contributed by atoms with Gasteiger partial charge in [0.2, 0.25) is 15.9 Å². The second kappa shape index (κ2) is 10.1. The molecular weight excluding hydrogens is 426 g/mol. The monoisotopic (exact) mass is 453 g/mol. The summed E-state index contributed by atoms with van der Waals surface area (Å²) in [5, 5.41) is 5.19. The summed E-state index contributed by atoms with van der Waals surface area (Å²) >= 11 is 2.92. The molecular formula is C20H27N3O3S3. The van der Waals surface area contributed by atoms with Gasteiger partial charge in [0.05, 0.1) is 16.8 Å². The van der Waals surface area contributed by atoms with Gasteiger partial charge in [-0.15, -0.1) is 11.3 Å². The highest BCUT2D eigenvalue weighted by Crippen LogP contribution is 2.27. The third-order valence-electron chi connectivity index (χ3n) is 5.16. The Morgan fingerprint density at radius 1 is 1.31 bits per heavy atom. The first-order valence-electron chi connectivity index (χ1n) is 9.79. The number of nitrogens with zero attached hydrogens (tertiary/aromatic N) is 2.